The number of carbonyl (C=O) groups is 1. The van der Waals surface area contributed by atoms with E-state index in [1.807, 2.05) is 0 Å². The van der Waals surface area contributed by atoms with Gasteiger partial charge in [0.15, 0.2) is 11.5 Å². The highest BCUT2D eigenvalue weighted by Crippen LogP contribution is 2.40. The van der Waals surface area contributed by atoms with Crippen molar-refractivity contribution in [3.05, 3.63) is 22.7 Å². The Morgan fingerprint density at radius 1 is 1.44 bits per heavy atom. The van der Waals surface area contributed by atoms with Gasteiger partial charge < -0.3 is 19.5 Å². The van der Waals surface area contributed by atoms with Crippen molar-refractivity contribution < 1.29 is 19.4 Å². The molecule has 0 aromatic heterocycles. The van der Waals surface area contributed by atoms with Crippen LogP contribution in [0.15, 0.2) is 12.1 Å². The molecule has 1 amide bonds. The number of hydrogen-bond donors (Lipinski definition) is 1. The van der Waals surface area contributed by atoms with Crippen molar-refractivity contribution in [2.24, 2.45) is 0 Å². The van der Waals surface area contributed by atoms with Gasteiger partial charge in [-0.3, -0.25) is 4.79 Å². The van der Waals surface area contributed by atoms with E-state index in [1.54, 1.807) is 17.0 Å². The van der Waals surface area contributed by atoms with Crippen LogP contribution >= 0.6 is 11.6 Å². The molecule has 6 heteroatoms. The third-order valence-corrected chi connectivity index (χ3v) is 3.41. The Balaban J connectivity index is 1.88. The van der Waals surface area contributed by atoms with Gasteiger partial charge in [0.25, 0.3) is 5.91 Å². The number of likely N-dealkylation sites (tertiary alicyclic amines) is 1. The van der Waals surface area contributed by atoms with Crippen LogP contribution in [-0.2, 0) is 0 Å². The maximum Gasteiger partial charge on any atom is 0.254 e. The summed E-state index contributed by atoms with van der Waals surface area (Å²) in [7, 11) is 0. The van der Waals surface area contributed by atoms with Gasteiger partial charge in [0, 0.05) is 18.7 Å². The number of halogens is 1. The molecule has 3 rings (SSSR count). The lowest BCUT2D eigenvalue weighted by atomic mass is 10.2. The van der Waals surface area contributed by atoms with Gasteiger partial charge >= 0.3 is 0 Å². The molecule has 2 heterocycles. The molecule has 1 saturated heterocycles. The maximum absolute atomic E-state index is 12.2. The predicted octanol–water partition coefficient (Wildman–Crippen LogP) is 1.28. The Morgan fingerprint density at radius 2 is 2.28 bits per heavy atom. The molecule has 1 aromatic carbocycles. The molecule has 0 bridgehead atoms. The summed E-state index contributed by atoms with van der Waals surface area (Å²) in [5, 5.41) is 9.81. The molecular formula is C12H12ClNO4. The molecular weight excluding hydrogens is 258 g/mol. The standard InChI is InChI=1S/C12H12ClNO4/c13-9-3-7(4-10-11(9)18-6-17-10)12(16)14-2-1-8(15)5-14/h3-4,8,15H,1-2,5-6H2/t8-/m0/s1. The van der Waals surface area contributed by atoms with E-state index in [1.165, 1.54) is 0 Å². The number of nitrogens with zero attached hydrogens (tertiary/aromatic N) is 1. The van der Waals surface area contributed by atoms with Crippen LogP contribution < -0.4 is 9.47 Å². The average molecular weight is 270 g/mol. The lowest BCUT2D eigenvalue weighted by Crippen LogP contribution is -2.29. The van der Waals surface area contributed by atoms with E-state index in [-0.39, 0.29) is 12.7 Å². The largest absolute Gasteiger partial charge is 0.454 e. The molecule has 1 aromatic rings. The second-order valence-corrected chi connectivity index (χ2v) is 4.79. The van der Waals surface area contributed by atoms with Crippen molar-refractivity contribution in [2.75, 3.05) is 19.9 Å². The number of β-amino-alcohol motifs (C(OH)–C–C–N with tert-alkyl or cyclic N) is 1. The first-order valence-corrected chi connectivity index (χ1v) is 6.09. The second-order valence-electron chi connectivity index (χ2n) is 4.39. The molecule has 5 nitrogen and oxygen atoms in total. The van der Waals surface area contributed by atoms with Gasteiger partial charge in [-0.2, -0.15) is 0 Å². The summed E-state index contributed by atoms with van der Waals surface area (Å²) in [6.45, 7) is 1.05. The van der Waals surface area contributed by atoms with Crippen LogP contribution in [0.25, 0.3) is 0 Å². The molecule has 18 heavy (non-hydrogen) atoms. The number of amides is 1. The highest BCUT2D eigenvalue weighted by Gasteiger charge is 2.27. The Hall–Kier alpha value is -1.46. The minimum Gasteiger partial charge on any atom is -0.454 e. The van der Waals surface area contributed by atoms with E-state index >= 15 is 0 Å². The molecule has 1 N–H and O–H groups in total. The first-order chi connectivity index (χ1) is 8.65. The number of carbonyl (C=O) groups excluding carboxylic acids is 1. The summed E-state index contributed by atoms with van der Waals surface area (Å²) in [4.78, 5) is 13.8. The minimum atomic E-state index is -0.432. The van der Waals surface area contributed by atoms with E-state index in [4.69, 9.17) is 21.1 Å². The van der Waals surface area contributed by atoms with Crippen LogP contribution in [0.1, 0.15) is 16.8 Å². The fraction of sp³-hybridized carbons (Fsp3) is 0.417. The molecule has 1 fully saturated rings. The van der Waals surface area contributed by atoms with Gasteiger partial charge in [-0.1, -0.05) is 11.6 Å². The molecule has 0 saturated carbocycles. The second kappa shape index (κ2) is 4.33. The molecule has 0 aliphatic carbocycles. The van der Waals surface area contributed by atoms with Gasteiger partial charge in [0.1, 0.15) is 0 Å². The van der Waals surface area contributed by atoms with E-state index in [2.05, 4.69) is 0 Å². The number of rotatable bonds is 1. The van der Waals surface area contributed by atoms with Crippen LogP contribution in [0.4, 0.5) is 0 Å². The summed E-state index contributed by atoms with van der Waals surface area (Å²) < 4.78 is 10.4. The summed E-state index contributed by atoms with van der Waals surface area (Å²) in [6, 6.07) is 3.20. The van der Waals surface area contributed by atoms with Crippen molar-refractivity contribution in [1.29, 1.82) is 0 Å². The van der Waals surface area contributed by atoms with Gasteiger partial charge in [0.2, 0.25) is 6.79 Å². The van der Waals surface area contributed by atoms with Crippen molar-refractivity contribution in [1.82, 2.24) is 4.90 Å². The first kappa shape index (κ1) is 11.6. The lowest BCUT2D eigenvalue weighted by molar-refractivity contribution is 0.0764. The normalized spacial score (nSPS) is 21.4. The Morgan fingerprint density at radius 3 is 3.00 bits per heavy atom. The van der Waals surface area contributed by atoms with Crippen molar-refractivity contribution in [2.45, 2.75) is 12.5 Å². The number of fused-ring (bicyclic) bond motifs is 1. The van der Waals surface area contributed by atoms with E-state index in [9.17, 15) is 9.90 Å². The highest BCUT2D eigenvalue weighted by atomic mass is 35.5. The molecule has 0 spiro atoms. The average Bonchev–Trinajstić information content (AvgIpc) is 2.96. The predicted molar refractivity (Wildman–Crippen MR) is 64.1 cm³/mol. The Bertz CT molecular complexity index is 505. The van der Waals surface area contributed by atoms with Gasteiger partial charge in [0.05, 0.1) is 11.1 Å². The van der Waals surface area contributed by atoms with Crippen LogP contribution in [0.5, 0.6) is 11.5 Å². The van der Waals surface area contributed by atoms with Crippen molar-refractivity contribution >= 4 is 17.5 Å². The summed E-state index contributed by atoms with van der Waals surface area (Å²) >= 11 is 6.03. The zero-order valence-electron chi connectivity index (χ0n) is 9.56. The molecule has 2 aliphatic rings. The minimum absolute atomic E-state index is 0.120. The molecule has 0 unspecified atom stereocenters. The number of aliphatic hydroxyl groups excluding tert-OH is 1. The SMILES string of the molecule is O=C(c1cc(Cl)c2c(c1)OCO2)N1CC[C@H](O)C1. The summed E-state index contributed by atoms with van der Waals surface area (Å²) in [5.74, 6) is 0.826. The van der Waals surface area contributed by atoms with Crippen LogP contribution in [-0.4, -0.2) is 41.9 Å². The van der Waals surface area contributed by atoms with E-state index < -0.39 is 6.10 Å². The number of aliphatic hydroxyl groups is 1. The van der Waals surface area contributed by atoms with Crippen molar-refractivity contribution in [3.8, 4) is 11.5 Å². The monoisotopic (exact) mass is 269 g/mol. The number of ether oxygens (including phenoxy) is 2. The first-order valence-electron chi connectivity index (χ1n) is 5.71. The zero-order chi connectivity index (χ0) is 12.7. The van der Waals surface area contributed by atoms with Gasteiger partial charge in [-0.25, -0.2) is 0 Å². The summed E-state index contributed by atoms with van der Waals surface area (Å²) in [5.41, 5.74) is 0.457. The van der Waals surface area contributed by atoms with Crippen LogP contribution in [0, 0.1) is 0 Å². The third kappa shape index (κ3) is 1.89. The lowest BCUT2D eigenvalue weighted by Gasteiger charge is -2.16. The zero-order valence-corrected chi connectivity index (χ0v) is 10.3. The molecule has 1 atom stereocenters. The summed E-state index contributed by atoms with van der Waals surface area (Å²) in [6.07, 6.45) is 0.183. The number of benzene rings is 1. The van der Waals surface area contributed by atoms with Crippen LogP contribution in [0.3, 0.4) is 0 Å². The smallest absolute Gasteiger partial charge is 0.254 e. The molecule has 96 valence electrons. The fourth-order valence-corrected chi connectivity index (χ4v) is 2.46. The van der Waals surface area contributed by atoms with E-state index in [0.29, 0.717) is 41.6 Å². The molecule has 0 radical (unpaired) electrons. The third-order valence-electron chi connectivity index (χ3n) is 3.12. The molecule has 2 aliphatic heterocycles. The Labute approximate surface area is 109 Å². The van der Waals surface area contributed by atoms with E-state index in [0.717, 1.165) is 0 Å². The van der Waals surface area contributed by atoms with Crippen molar-refractivity contribution in [3.63, 3.8) is 0 Å². The number of hydrogen-bond acceptors (Lipinski definition) is 4. The quantitative estimate of drug-likeness (QED) is 0.834. The van der Waals surface area contributed by atoms with Crippen LogP contribution in [0.2, 0.25) is 5.02 Å². The Kier molecular flexibility index (Phi) is 2.80. The maximum atomic E-state index is 12.2. The fourth-order valence-electron chi connectivity index (χ4n) is 2.20. The van der Waals surface area contributed by atoms with Gasteiger partial charge in [-0.15, -0.1) is 0 Å². The topological polar surface area (TPSA) is 59.0 Å². The van der Waals surface area contributed by atoms with Gasteiger partial charge in [-0.05, 0) is 18.6 Å². The highest BCUT2D eigenvalue weighted by molar-refractivity contribution is 6.32.